The van der Waals surface area contributed by atoms with E-state index in [2.05, 4.69) is 20.5 Å². The Hall–Kier alpha value is -4.06. The number of hydrazine groups is 1. The van der Waals surface area contributed by atoms with Crippen LogP contribution in [0.3, 0.4) is 0 Å². The number of nitrogens with one attached hydrogen (secondary N) is 2. The molecule has 0 bridgehead atoms. The summed E-state index contributed by atoms with van der Waals surface area (Å²) in [5.41, 5.74) is 3.39. The van der Waals surface area contributed by atoms with Crippen LogP contribution in [0.4, 0.5) is 23.7 Å². The van der Waals surface area contributed by atoms with Crippen LogP contribution in [0, 0.1) is 0 Å². The summed E-state index contributed by atoms with van der Waals surface area (Å²) >= 11 is 0. The number of ether oxygens (including phenoxy) is 3. The molecule has 0 saturated carbocycles. The van der Waals surface area contributed by atoms with Crippen molar-refractivity contribution in [3.05, 3.63) is 65.4 Å². The van der Waals surface area contributed by atoms with Crippen molar-refractivity contribution in [3.63, 3.8) is 0 Å². The normalized spacial score (nSPS) is 17.9. The number of carbonyl (C=O) groups is 2. The molecular formula is C25H27F3N4O5. The van der Waals surface area contributed by atoms with Gasteiger partial charge in [0.1, 0.15) is 23.4 Å². The van der Waals surface area contributed by atoms with Crippen molar-refractivity contribution in [2.24, 2.45) is 4.99 Å². The van der Waals surface area contributed by atoms with Crippen molar-refractivity contribution in [1.82, 2.24) is 10.7 Å². The van der Waals surface area contributed by atoms with Crippen LogP contribution in [0.25, 0.3) is 6.08 Å². The quantitative estimate of drug-likeness (QED) is 0.415. The van der Waals surface area contributed by atoms with E-state index in [4.69, 9.17) is 9.47 Å². The smallest absolute Gasteiger partial charge is 0.464 e. The van der Waals surface area contributed by atoms with Crippen LogP contribution in [0.2, 0.25) is 0 Å². The Morgan fingerprint density at radius 2 is 1.68 bits per heavy atom. The minimum atomic E-state index is -4.77. The summed E-state index contributed by atoms with van der Waals surface area (Å²) in [6.45, 7) is 6.92. The van der Waals surface area contributed by atoms with E-state index >= 15 is 0 Å². The number of amides is 1. The number of hydrogen-bond acceptors (Lipinski definition) is 8. The molecule has 1 atom stereocenters. The standard InChI is InChI=1S/C25H27F3N4O5/c1-23(2,3)37-22(34)30-20(21(33)35-5)14-16-6-8-17(9-7-16)24(4)29-15-32(31-24)18-10-12-19(13-11-18)36-25(26,27)28/h6-15,31H,1-5H3,(H,30,34)/b20-14-. The molecule has 1 aliphatic heterocycles. The van der Waals surface area contributed by atoms with Gasteiger partial charge in [-0.2, -0.15) is 5.43 Å². The van der Waals surface area contributed by atoms with Gasteiger partial charge < -0.3 is 14.2 Å². The second-order valence-electron chi connectivity index (χ2n) is 9.14. The Kier molecular flexibility index (Phi) is 7.82. The number of hydrogen-bond donors (Lipinski definition) is 2. The molecule has 0 aliphatic carbocycles. The number of alkyl carbamates (subject to hydrolysis) is 1. The largest absolute Gasteiger partial charge is 0.573 e. The highest BCUT2D eigenvalue weighted by Crippen LogP contribution is 2.30. The highest BCUT2D eigenvalue weighted by Gasteiger charge is 2.33. The highest BCUT2D eigenvalue weighted by molar-refractivity contribution is 5.96. The van der Waals surface area contributed by atoms with Crippen molar-refractivity contribution < 1.29 is 37.0 Å². The van der Waals surface area contributed by atoms with Crippen molar-refractivity contribution in [1.29, 1.82) is 0 Å². The van der Waals surface area contributed by atoms with E-state index < -0.39 is 29.7 Å². The maximum atomic E-state index is 12.4. The van der Waals surface area contributed by atoms with E-state index in [9.17, 15) is 22.8 Å². The molecule has 1 amide bonds. The molecule has 2 aromatic rings. The topological polar surface area (TPSA) is 101 Å². The van der Waals surface area contributed by atoms with E-state index in [1.807, 2.05) is 6.92 Å². The number of carbonyl (C=O) groups excluding carboxylic acids is 2. The summed E-state index contributed by atoms with van der Waals surface area (Å²) in [6.07, 6.45) is -2.59. The Morgan fingerprint density at radius 1 is 1.05 bits per heavy atom. The lowest BCUT2D eigenvalue weighted by Crippen LogP contribution is -2.43. The SMILES string of the molecule is COC(=O)/C(=C/c1ccc(C2(C)N=CN(c3ccc(OC(F)(F)F)cc3)N2)cc1)NC(=O)OC(C)(C)C. The number of benzene rings is 2. The molecule has 12 heteroatoms. The van der Waals surface area contributed by atoms with Crippen molar-refractivity contribution in [2.75, 3.05) is 12.1 Å². The van der Waals surface area contributed by atoms with Gasteiger partial charge in [-0.1, -0.05) is 24.3 Å². The van der Waals surface area contributed by atoms with Crippen LogP contribution in [-0.2, 0) is 19.9 Å². The molecular weight excluding hydrogens is 493 g/mol. The lowest BCUT2D eigenvalue weighted by Gasteiger charge is -2.26. The minimum Gasteiger partial charge on any atom is -0.464 e. The Labute approximate surface area is 211 Å². The zero-order valence-corrected chi connectivity index (χ0v) is 20.8. The molecule has 37 heavy (non-hydrogen) atoms. The van der Waals surface area contributed by atoms with Crippen LogP contribution in [0.5, 0.6) is 5.75 Å². The second-order valence-corrected chi connectivity index (χ2v) is 9.14. The third-order valence-corrected chi connectivity index (χ3v) is 4.94. The molecule has 1 aliphatic rings. The van der Waals surface area contributed by atoms with Crippen LogP contribution in [0.15, 0.2) is 59.2 Å². The molecule has 9 nitrogen and oxygen atoms in total. The number of methoxy groups -OCH3 is 1. The number of anilines is 1. The van der Waals surface area contributed by atoms with Gasteiger partial charge in [0.25, 0.3) is 0 Å². The maximum absolute atomic E-state index is 12.4. The molecule has 1 heterocycles. The van der Waals surface area contributed by atoms with Gasteiger partial charge in [0, 0.05) is 0 Å². The van der Waals surface area contributed by atoms with E-state index in [0.29, 0.717) is 11.3 Å². The Bertz CT molecular complexity index is 1190. The van der Waals surface area contributed by atoms with Gasteiger partial charge in [-0.3, -0.25) is 10.3 Å². The summed E-state index contributed by atoms with van der Waals surface area (Å²) in [7, 11) is 1.20. The predicted molar refractivity (Wildman–Crippen MR) is 130 cm³/mol. The van der Waals surface area contributed by atoms with Gasteiger partial charge in [-0.25, -0.2) is 14.6 Å². The Morgan fingerprint density at radius 3 is 2.22 bits per heavy atom. The summed E-state index contributed by atoms with van der Waals surface area (Å²) in [4.78, 5) is 28.8. The van der Waals surface area contributed by atoms with Gasteiger partial charge in [-0.15, -0.1) is 13.2 Å². The van der Waals surface area contributed by atoms with Crippen molar-refractivity contribution in [3.8, 4) is 5.75 Å². The van der Waals surface area contributed by atoms with Crippen LogP contribution >= 0.6 is 0 Å². The maximum Gasteiger partial charge on any atom is 0.573 e. The number of nitrogens with zero attached hydrogens (tertiary/aromatic N) is 2. The van der Waals surface area contributed by atoms with Crippen molar-refractivity contribution in [2.45, 2.75) is 45.3 Å². The lowest BCUT2D eigenvalue weighted by molar-refractivity contribution is -0.274. The molecule has 0 aromatic heterocycles. The van der Waals surface area contributed by atoms with E-state index in [0.717, 1.165) is 5.56 Å². The predicted octanol–water partition coefficient (Wildman–Crippen LogP) is 4.85. The third-order valence-electron chi connectivity index (χ3n) is 4.94. The molecule has 1 unspecified atom stereocenters. The number of esters is 1. The molecule has 2 aromatic carbocycles. The van der Waals surface area contributed by atoms with Crippen molar-refractivity contribution >= 4 is 30.2 Å². The molecule has 0 saturated heterocycles. The first-order chi connectivity index (χ1) is 17.2. The first-order valence-electron chi connectivity index (χ1n) is 11.1. The molecule has 198 valence electrons. The van der Waals surface area contributed by atoms with Gasteiger partial charge in [0.15, 0.2) is 5.66 Å². The van der Waals surface area contributed by atoms with Gasteiger partial charge in [0.05, 0.1) is 12.8 Å². The summed E-state index contributed by atoms with van der Waals surface area (Å²) < 4.78 is 51.0. The molecule has 2 N–H and O–H groups in total. The second kappa shape index (κ2) is 10.5. The zero-order chi connectivity index (χ0) is 27.4. The van der Waals surface area contributed by atoms with E-state index in [1.54, 1.807) is 50.0 Å². The fraction of sp³-hybridized carbons (Fsp3) is 0.320. The number of rotatable bonds is 6. The fourth-order valence-electron chi connectivity index (χ4n) is 3.28. The Balaban J connectivity index is 1.72. The molecule has 0 fully saturated rings. The van der Waals surface area contributed by atoms with Gasteiger partial charge in [-0.05, 0) is 69.2 Å². The summed E-state index contributed by atoms with van der Waals surface area (Å²) in [5, 5.41) is 3.98. The lowest BCUT2D eigenvalue weighted by atomic mass is 10.0. The number of aliphatic imine (C=N–C) groups is 1. The first-order valence-corrected chi connectivity index (χ1v) is 11.1. The van der Waals surface area contributed by atoms with Gasteiger partial charge in [0.2, 0.25) is 0 Å². The number of alkyl halides is 3. The summed E-state index contributed by atoms with van der Waals surface area (Å²) in [5.74, 6) is -1.07. The monoisotopic (exact) mass is 520 g/mol. The molecule has 0 spiro atoms. The van der Waals surface area contributed by atoms with E-state index in [-0.39, 0.29) is 11.4 Å². The average Bonchev–Trinajstić information content (AvgIpc) is 3.20. The molecule has 0 radical (unpaired) electrons. The zero-order valence-electron chi connectivity index (χ0n) is 20.8. The third kappa shape index (κ3) is 7.71. The number of halogens is 3. The molecule has 3 rings (SSSR count). The van der Waals surface area contributed by atoms with Gasteiger partial charge >= 0.3 is 18.4 Å². The van der Waals surface area contributed by atoms with E-state index in [1.165, 1.54) is 43.8 Å². The first kappa shape index (κ1) is 27.5. The van der Waals surface area contributed by atoms with Crippen LogP contribution in [-0.4, -0.2) is 37.5 Å². The fourth-order valence-corrected chi connectivity index (χ4v) is 3.28. The minimum absolute atomic E-state index is 0.100. The summed E-state index contributed by atoms with van der Waals surface area (Å²) in [6, 6.07) is 12.4. The van der Waals surface area contributed by atoms with Crippen LogP contribution in [0.1, 0.15) is 38.8 Å². The highest BCUT2D eigenvalue weighted by atomic mass is 19.4. The average molecular weight is 521 g/mol. The van der Waals surface area contributed by atoms with Crippen LogP contribution < -0.4 is 20.5 Å².